The first-order valence-electron chi connectivity index (χ1n) is 14.5. The number of fused-ring (bicyclic) bond motifs is 8. The highest BCUT2D eigenvalue weighted by atomic mass is 32.1. The largest absolute Gasteiger partial charge is 0.456 e. The zero-order chi connectivity index (χ0) is 28.3. The summed E-state index contributed by atoms with van der Waals surface area (Å²) < 4.78 is 8.97. The molecule has 2 aromatic heterocycles. The second-order valence-corrected chi connectivity index (χ2v) is 12.0. The third kappa shape index (κ3) is 3.86. The van der Waals surface area contributed by atoms with E-state index >= 15 is 0 Å². The molecule has 7 aromatic carbocycles. The smallest absolute Gasteiger partial charge is 0.137 e. The number of nitrogens with zero attached hydrogens (tertiary/aromatic N) is 1. The van der Waals surface area contributed by atoms with Gasteiger partial charge < -0.3 is 9.32 Å². The molecule has 0 aliphatic carbocycles. The van der Waals surface area contributed by atoms with E-state index in [2.05, 4.69) is 144 Å². The number of thiophene rings is 1. The SMILES string of the molecule is c1ccc(-c2ccc(N(c3ccc4c(ccc5sc6ccccc6c54)c3)c3cccc4oc5ccccc5c34)cc2)cc1. The maximum atomic E-state index is 6.32. The maximum absolute atomic E-state index is 6.32. The first-order valence-corrected chi connectivity index (χ1v) is 15.3. The molecule has 202 valence electrons. The molecule has 2 nitrogen and oxygen atoms in total. The monoisotopic (exact) mass is 567 g/mol. The van der Waals surface area contributed by atoms with E-state index in [-0.39, 0.29) is 0 Å². The molecule has 0 saturated carbocycles. The lowest BCUT2D eigenvalue weighted by Crippen LogP contribution is -2.10. The van der Waals surface area contributed by atoms with Crippen LogP contribution in [0.1, 0.15) is 0 Å². The summed E-state index contributed by atoms with van der Waals surface area (Å²) in [6.07, 6.45) is 0. The van der Waals surface area contributed by atoms with Crippen molar-refractivity contribution in [2.75, 3.05) is 4.90 Å². The van der Waals surface area contributed by atoms with E-state index in [1.54, 1.807) is 0 Å². The van der Waals surface area contributed by atoms with E-state index in [9.17, 15) is 0 Å². The standard InChI is InChI=1S/C40H25NOS/c1-2-9-26(10-3-1)27-17-20-29(21-18-27)41(34-13-8-15-36-40(34)32-11-4-6-14-35(32)42-36)30-22-23-31-28(25-30)19-24-38-39(31)33-12-5-7-16-37(33)43-38/h1-25H. The summed E-state index contributed by atoms with van der Waals surface area (Å²) >= 11 is 1.86. The molecule has 0 radical (unpaired) electrons. The van der Waals surface area contributed by atoms with E-state index in [0.717, 1.165) is 39.0 Å². The highest BCUT2D eigenvalue weighted by Crippen LogP contribution is 2.45. The lowest BCUT2D eigenvalue weighted by Gasteiger charge is -2.27. The summed E-state index contributed by atoms with van der Waals surface area (Å²) in [6.45, 7) is 0. The van der Waals surface area contributed by atoms with Crippen molar-refractivity contribution in [2.45, 2.75) is 0 Å². The summed E-state index contributed by atoms with van der Waals surface area (Å²) in [5.74, 6) is 0. The number of para-hydroxylation sites is 1. The molecular formula is C40H25NOS. The molecule has 9 aromatic rings. The molecule has 43 heavy (non-hydrogen) atoms. The van der Waals surface area contributed by atoms with E-state index in [4.69, 9.17) is 4.42 Å². The molecular weight excluding hydrogens is 543 g/mol. The lowest BCUT2D eigenvalue weighted by molar-refractivity contribution is 0.669. The quantitative estimate of drug-likeness (QED) is 0.210. The van der Waals surface area contributed by atoms with Crippen LogP contribution < -0.4 is 4.90 Å². The molecule has 0 spiro atoms. The van der Waals surface area contributed by atoms with E-state index in [1.165, 1.54) is 42.1 Å². The number of anilines is 3. The molecule has 0 atom stereocenters. The Balaban J connectivity index is 1.28. The zero-order valence-electron chi connectivity index (χ0n) is 23.2. The maximum Gasteiger partial charge on any atom is 0.137 e. The predicted octanol–water partition coefficient (Wildman–Crippen LogP) is 12.2. The Hall–Kier alpha value is -5.38. The number of hydrogen-bond donors (Lipinski definition) is 0. The first kappa shape index (κ1) is 24.2. The van der Waals surface area contributed by atoms with Gasteiger partial charge in [-0.3, -0.25) is 0 Å². The van der Waals surface area contributed by atoms with Crippen molar-refractivity contribution in [3.63, 3.8) is 0 Å². The predicted molar refractivity (Wildman–Crippen MR) is 184 cm³/mol. The number of benzene rings is 7. The van der Waals surface area contributed by atoms with E-state index < -0.39 is 0 Å². The van der Waals surface area contributed by atoms with Gasteiger partial charge in [-0.15, -0.1) is 11.3 Å². The Labute approximate surface area is 252 Å². The van der Waals surface area contributed by atoms with Crippen LogP contribution in [-0.4, -0.2) is 0 Å². The van der Waals surface area contributed by atoms with Crippen LogP contribution in [0.25, 0.3) is 64.0 Å². The third-order valence-electron chi connectivity index (χ3n) is 8.45. The first-order chi connectivity index (χ1) is 21.3. The minimum Gasteiger partial charge on any atom is -0.456 e. The van der Waals surface area contributed by atoms with Crippen molar-refractivity contribution >= 4 is 81.3 Å². The van der Waals surface area contributed by atoms with Gasteiger partial charge in [-0.25, -0.2) is 0 Å². The van der Waals surface area contributed by atoms with Crippen LogP contribution in [0.2, 0.25) is 0 Å². The third-order valence-corrected chi connectivity index (χ3v) is 9.59. The highest BCUT2D eigenvalue weighted by Gasteiger charge is 2.20. The molecule has 0 saturated heterocycles. The Kier molecular flexibility index (Phi) is 5.40. The van der Waals surface area contributed by atoms with E-state index in [1.807, 2.05) is 23.5 Å². The molecule has 0 bridgehead atoms. The topological polar surface area (TPSA) is 16.4 Å². The van der Waals surface area contributed by atoms with Gasteiger partial charge in [-0.1, -0.05) is 97.1 Å². The number of rotatable bonds is 4. The molecule has 0 amide bonds. The minimum absolute atomic E-state index is 0.886. The van der Waals surface area contributed by atoms with Gasteiger partial charge >= 0.3 is 0 Å². The molecule has 0 unspecified atom stereocenters. The van der Waals surface area contributed by atoms with Gasteiger partial charge in [0.25, 0.3) is 0 Å². The summed E-state index contributed by atoms with van der Waals surface area (Å²) in [5.41, 5.74) is 7.49. The van der Waals surface area contributed by atoms with Gasteiger partial charge in [0.2, 0.25) is 0 Å². The summed E-state index contributed by atoms with van der Waals surface area (Å²) in [7, 11) is 0. The van der Waals surface area contributed by atoms with Crippen molar-refractivity contribution < 1.29 is 4.42 Å². The fourth-order valence-electron chi connectivity index (χ4n) is 6.48. The summed E-state index contributed by atoms with van der Waals surface area (Å²) in [6, 6.07) is 54.2. The van der Waals surface area contributed by atoms with Crippen LogP contribution in [0.5, 0.6) is 0 Å². The fourth-order valence-corrected chi connectivity index (χ4v) is 7.60. The van der Waals surface area contributed by atoms with Crippen molar-refractivity contribution in [3.8, 4) is 11.1 Å². The van der Waals surface area contributed by atoms with E-state index in [0.29, 0.717) is 0 Å². The normalized spacial score (nSPS) is 11.7. The van der Waals surface area contributed by atoms with Crippen LogP contribution in [0.3, 0.4) is 0 Å². The average Bonchev–Trinajstić information content (AvgIpc) is 3.65. The van der Waals surface area contributed by atoms with Crippen LogP contribution in [0.4, 0.5) is 17.1 Å². The van der Waals surface area contributed by atoms with Crippen LogP contribution in [-0.2, 0) is 0 Å². The lowest BCUT2D eigenvalue weighted by atomic mass is 10.0. The molecule has 0 aliphatic heterocycles. The van der Waals surface area contributed by atoms with Gasteiger partial charge in [0.05, 0.1) is 11.1 Å². The Bertz CT molecular complexity index is 2450. The Morgan fingerprint density at radius 2 is 1.16 bits per heavy atom. The van der Waals surface area contributed by atoms with Gasteiger partial charge in [-0.05, 0) is 76.5 Å². The molecule has 9 rings (SSSR count). The van der Waals surface area contributed by atoms with Gasteiger partial charge in [0.15, 0.2) is 0 Å². The van der Waals surface area contributed by atoms with Crippen molar-refractivity contribution in [1.29, 1.82) is 0 Å². The van der Waals surface area contributed by atoms with Crippen LogP contribution in [0, 0.1) is 0 Å². The summed E-state index contributed by atoms with van der Waals surface area (Å²) in [5, 5.41) is 7.40. The molecule has 0 aliphatic rings. The summed E-state index contributed by atoms with van der Waals surface area (Å²) in [4.78, 5) is 2.37. The second kappa shape index (κ2) is 9.59. The van der Waals surface area contributed by atoms with Gasteiger partial charge in [-0.2, -0.15) is 0 Å². The Morgan fingerprint density at radius 3 is 2.05 bits per heavy atom. The van der Waals surface area contributed by atoms with Crippen LogP contribution >= 0.6 is 11.3 Å². The molecule has 0 N–H and O–H groups in total. The fraction of sp³-hybridized carbons (Fsp3) is 0. The number of furan rings is 1. The molecule has 3 heteroatoms. The van der Waals surface area contributed by atoms with Crippen molar-refractivity contribution in [3.05, 3.63) is 152 Å². The average molecular weight is 568 g/mol. The Morgan fingerprint density at radius 1 is 0.442 bits per heavy atom. The zero-order valence-corrected chi connectivity index (χ0v) is 24.0. The number of hydrogen-bond acceptors (Lipinski definition) is 3. The van der Waals surface area contributed by atoms with Gasteiger partial charge in [0, 0.05) is 36.9 Å². The van der Waals surface area contributed by atoms with Crippen molar-refractivity contribution in [2.24, 2.45) is 0 Å². The van der Waals surface area contributed by atoms with Crippen molar-refractivity contribution in [1.82, 2.24) is 0 Å². The van der Waals surface area contributed by atoms with Gasteiger partial charge in [0.1, 0.15) is 11.2 Å². The minimum atomic E-state index is 0.886. The van der Waals surface area contributed by atoms with Crippen LogP contribution in [0.15, 0.2) is 156 Å². The highest BCUT2D eigenvalue weighted by molar-refractivity contribution is 7.26. The molecule has 0 fully saturated rings. The molecule has 2 heterocycles. The second-order valence-electron chi connectivity index (χ2n) is 10.9.